The van der Waals surface area contributed by atoms with Gasteiger partial charge in [0.1, 0.15) is 0 Å². The lowest BCUT2D eigenvalue weighted by Gasteiger charge is -2.20. The Morgan fingerprint density at radius 3 is 2.68 bits per heavy atom. The van der Waals surface area contributed by atoms with E-state index in [9.17, 15) is 0 Å². The lowest BCUT2D eigenvalue weighted by Crippen LogP contribution is -2.09. The molecular weight excluding hydrogens is 292 g/mol. The molecule has 0 aliphatic heterocycles. The number of pyridine rings is 1. The van der Waals surface area contributed by atoms with Crippen LogP contribution in [0.25, 0.3) is 11.4 Å². The Morgan fingerprint density at radius 1 is 1.09 bits per heavy atom. The molecule has 0 aromatic carbocycles. The van der Waals surface area contributed by atoms with Gasteiger partial charge in [0.25, 0.3) is 0 Å². The summed E-state index contributed by atoms with van der Waals surface area (Å²) in [6.07, 6.45) is 13.2. The van der Waals surface area contributed by atoms with E-state index in [1.165, 1.54) is 50.7 Å². The summed E-state index contributed by atoms with van der Waals surface area (Å²) < 4.78 is 2.35. The summed E-state index contributed by atoms with van der Waals surface area (Å²) in [6, 6.07) is 4.64. The van der Waals surface area contributed by atoms with Crippen molar-refractivity contribution in [2.75, 3.05) is 5.75 Å². The number of hydrogen-bond donors (Lipinski definition) is 0. The van der Waals surface area contributed by atoms with Crippen LogP contribution in [-0.2, 0) is 0 Å². The molecule has 2 aliphatic rings. The highest BCUT2D eigenvalue weighted by atomic mass is 32.2. The number of thioether (sulfide) groups is 1. The molecule has 0 radical (unpaired) electrons. The Balaban J connectivity index is 1.53. The topological polar surface area (TPSA) is 43.6 Å². The molecule has 0 bridgehead atoms. The van der Waals surface area contributed by atoms with E-state index in [0.717, 1.165) is 22.5 Å². The van der Waals surface area contributed by atoms with Crippen molar-refractivity contribution in [3.8, 4) is 11.4 Å². The molecule has 0 N–H and O–H groups in total. The Labute approximate surface area is 135 Å². The summed E-state index contributed by atoms with van der Waals surface area (Å²) in [7, 11) is 0. The molecule has 0 atom stereocenters. The van der Waals surface area contributed by atoms with Gasteiger partial charge in [0.05, 0.1) is 0 Å². The molecule has 5 heteroatoms. The number of rotatable bonds is 5. The van der Waals surface area contributed by atoms with Gasteiger partial charge in [-0.05, 0) is 43.7 Å². The van der Waals surface area contributed by atoms with Gasteiger partial charge in [0.2, 0.25) is 0 Å². The largest absolute Gasteiger partial charge is 0.299 e. The average Bonchev–Trinajstić information content (AvgIpc) is 3.34. The summed E-state index contributed by atoms with van der Waals surface area (Å²) in [4.78, 5) is 4.22. The van der Waals surface area contributed by atoms with Crippen LogP contribution >= 0.6 is 11.8 Å². The molecule has 2 heterocycles. The first kappa shape index (κ1) is 14.2. The van der Waals surface area contributed by atoms with Gasteiger partial charge in [-0.1, -0.05) is 31.0 Å². The monoisotopic (exact) mass is 314 g/mol. The number of hydrogen-bond acceptors (Lipinski definition) is 4. The van der Waals surface area contributed by atoms with Crippen molar-refractivity contribution in [1.29, 1.82) is 0 Å². The Kier molecular flexibility index (Phi) is 4.15. The molecular formula is C17H22N4S. The van der Waals surface area contributed by atoms with E-state index in [-0.39, 0.29) is 0 Å². The molecule has 0 amide bonds. The fraction of sp³-hybridized carbons (Fsp3) is 0.588. The maximum atomic E-state index is 4.49. The summed E-state index contributed by atoms with van der Waals surface area (Å²) in [5, 5.41) is 10.1. The van der Waals surface area contributed by atoms with Gasteiger partial charge >= 0.3 is 0 Å². The minimum absolute atomic E-state index is 0.596. The minimum Gasteiger partial charge on any atom is -0.299 e. The maximum Gasteiger partial charge on any atom is 0.191 e. The summed E-state index contributed by atoms with van der Waals surface area (Å²) in [5.41, 5.74) is 1.08. The highest BCUT2D eigenvalue weighted by Gasteiger charge is 2.30. The standard InChI is InChI=1S/C17H22N4S/c1-2-5-13(6-3-1)12-22-17-20-19-16(21(17)15-8-9-15)14-7-4-10-18-11-14/h4,7,10-11,13,15H,1-3,5-6,8-9,12H2. The van der Waals surface area contributed by atoms with Crippen LogP contribution in [0.4, 0.5) is 0 Å². The van der Waals surface area contributed by atoms with Gasteiger partial charge in [0.15, 0.2) is 11.0 Å². The van der Waals surface area contributed by atoms with Crippen molar-refractivity contribution in [2.24, 2.45) is 5.92 Å². The second-order valence-corrected chi connectivity index (χ2v) is 7.45. The minimum atomic E-state index is 0.596. The molecule has 4 nitrogen and oxygen atoms in total. The predicted octanol–water partition coefficient (Wildman–Crippen LogP) is 4.35. The van der Waals surface area contributed by atoms with Gasteiger partial charge < -0.3 is 0 Å². The van der Waals surface area contributed by atoms with Crippen LogP contribution in [0.1, 0.15) is 51.0 Å². The average molecular weight is 314 g/mol. The van der Waals surface area contributed by atoms with Gasteiger partial charge in [0, 0.05) is 29.8 Å². The van der Waals surface area contributed by atoms with Crippen molar-refractivity contribution in [3.63, 3.8) is 0 Å². The van der Waals surface area contributed by atoms with Crippen LogP contribution in [0.5, 0.6) is 0 Å². The summed E-state index contributed by atoms with van der Waals surface area (Å²) in [6.45, 7) is 0. The van der Waals surface area contributed by atoms with Crippen molar-refractivity contribution in [3.05, 3.63) is 24.5 Å². The first-order valence-corrected chi connectivity index (χ1v) is 9.38. The third-order valence-corrected chi connectivity index (χ3v) is 5.84. The lowest BCUT2D eigenvalue weighted by atomic mass is 9.91. The maximum absolute atomic E-state index is 4.49. The molecule has 4 rings (SSSR count). The van der Waals surface area contributed by atoms with E-state index >= 15 is 0 Å². The molecule has 116 valence electrons. The molecule has 2 aromatic rings. The van der Waals surface area contributed by atoms with Crippen LogP contribution in [0.15, 0.2) is 29.7 Å². The van der Waals surface area contributed by atoms with E-state index in [2.05, 4.69) is 25.8 Å². The fourth-order valence-electron chi connectivity index (χ4n) is 3.28. The molecule has 2 saturated carbocycles. The van der Waals surface area contributed by atoms with E-state index in [4.69, 9.17) is 0 Å². The first-order valence-electron chi connectivity index (χ1n) is 8.40. The van der Waals surface area contributed by atoms with Crippen molar-refractivity contribution in [1.82, 2.24) is 19.7 Å². The second kappa shape index (κ2) is 6.41. The first-order chi connectivity index (χ1) is 10.9. The second-order valence-electron chi connectivity index (χ2n) is 6.46. The summed E-state index contributed by atoms with van der Waals surface area (Å²) >= 11 is 1.91. The van der Waals surface area contributed by atoms with Crippen molar-refractivity contribution < 1.29 is 0 Å². The third kappa shape index (κ3) is 3.05. The van der Waals surface area contributed by atoms with E-state index < -0.39 is 0 Å². The smallest absolute Gasteiger partial charge is 0.191 e. The van der Waals surface area contributed by atoms with Crippen LogP contribution in [0, 0.1) is 5.92 Å². The zero-order chi connectivity index (χ0) is 14.8. The highest BCUT2D eigenvalue weighted by Crippen LogP contribution is 2.41. The molecule has 0 saturated heterocycles. The number of aromatic nitrogens is 4. The normalized spacial score (nSPS) is 19.5. The van der Waals surface area contributed by atoms with Crippen LogP contribution < -0.4 is 0 Å². The van der Waals surface area contributed by atoms with Gasteiger partial charge in [-0.15, -0.1) is 10.2 Å². The molecule has 2 aliphatic carbocycles. The lowest BCUT2D eigenvalue weighted by molar-refractivity contribution is 0.390. The van der Waals surface area contributed by atoms with Crippen LogP contribution in [-0.4, -0.2) is 25.5 Å². The third-order valence-electron chi connectivity index (χ3n) is 4.67. The quantitative estimate of drug-likeness (QED) is 0.770. The van der Waals surface area contributed by atoms with E-state index in [1.54, 1.807) is 6.20 Å². The summed E-state index contributed by atoms with van der Waals surface area (Å²) in [5.74, 6) is 3.05. The molecule has 2 aromatic heterocycles. The van der Waals surface area contributed by atoms with Gasteiger partial charge in [-0.3, -0.25) is 9.55 Å². The zero-order valence-corrected chi connectivity index (χ0v) is 13.6. The van der Waals surface area contributed by atoms with Crippen molar-refractivity contribution >= 4 is 11.8 Å². The Bertz CT molecular complexity index is 615. The molecule has 2 fully saturated rings. The van der Waals surface area contributed by atoms with E-state index in [1.807, 2.05) is 24.0 Å². The fourth-order valence-corrected chi connectivity index (χ4v) is 4.47. The molecule has 22 heavy (non-hydrogen) atoms. The predicted molar refractivity (Wildman–Crippen MR) is 88.8 cm³/mol. The van der Waals surface area contributed by atoms with Crippen molar-refractivity contribution in [2.45, 2.75) is 56.1 Å². The highest BCUT2D eigenvalue weighted by molar-refractivity contribution is 7.99. The Hall–Kier alpha value is -1.36. The van der Waals surface area contributed by atoms with Crippen LogP contribution in [0.3, 0.4) is 0 Å². The van der Waals surface area contributed by atoms with Gasteiger partial charge in [-0.2, -0.15) is 0 Å². The zero-order valence-electron chi connectivity index (χ0n) is 12.8. The van der Waals surface area contributed by atoms with Crippen LogP contribution in [0.2, 0.25) is 0 Å². The number of nitrogens with zero attached hydrogens (tertiary/aromatic N) is 4. The van der Waals surface area contributed by atoms with Gasteiger partial charge in [-0.25, -0.2) is 0 Å². The van der Waals surface area contributed by atoms with E-state index in [0.29, 0.717) is 6.04 Å². The molecule has 0 unspecified atom stereocenters. The Morgan fingerprint density at radius 2 is 1.95 bits per heavy atom. The SMILES string of the molecule is c1cncc(-c2nnc(SCC3CCCCC3)n2C2CC2)c1. The molecule has 0 spiro atoms.